The summed E-state index contributed by atoms with van der Waals surface area (Å²) in [5.74, 6) is 0.997. The van der Waals surface area contributed by atoms with Gasteiger partial charge in [-0.1, -0.05) is 6.92 Å². The molecule has 8 heteroatoms. The summed E-state index contributed by atoms with van der Waals surface area (Å²) in [5, 5.41) is 9.24. The van der Waals surface area contributed by atoms with Gasteiger partial charge in [0.1, 0.15) is 5.01 Å². The molecular weight excluding hydrogens is 288 g/mol. The van der Waals surface area contributed by atoms with Crippen molar-refractivity contribution in [2.75, 3.05) is 23.8 Å². The molecule has 21 heavy (non-hydrogen) atoms. The van der Waals surface area contributed by atoms with Crippen LogP contribution in [0.1, 0.15) is 31.0 Å². The van der Waals surface area contributed by atoms with E-state index >= 15 is 0 Å². The van der Waals surface area contributed by atoms with Gasteiger partial charge in [-0.15, -0.1) is 11.3 Å². The molecule has 7 nitrogen and oxygen atoms in total. The molecule has 2 rings (SSSR count). The van der Waals surface area contributed by atoms with Crippen LogP contribution in [0.25, 0.3) is 0 Å². The monoisotopic (exact) mass is 308 g/mol. The minimum atomic E-state index is 0.334. The van der Waals surface area contributed by atoms with Crippen molar-refractivity contribution >= 4 is 23.2 Å². The Hall–Kier alpha value is -1.96. The lowest BCUT2D eigenvalue weighted by Crippen LogP contribution is -2.11. The summed E-state index contributed by atoms with van der Waals surface area (Å²) in [4.78, 5) is 17.2. The van der Waals surface area contributed by atoms with Crippen molar-refractivity contribution < 1.29 is 4.74 Å². The molecule has 0 atom stereocenters. The topological polar surface area (TPSA) is 84.9 Å². The molecule has 0 aliphatic carbocycles. The Morgan fingerprint density at radius 2 is 1.86 bits per heavy atom. The Bertz CT molecular complexity index is 574. The second-order valence-corrected chi connectivity index (χ2v) is 5.32. The molecule has 0 aliphatic heterocycles. The Balaban J connectivity index is 2.07. The zero-order valence-corrected chi connectivity index (χ0v) is 13.3. The molecule has 0 bridgehead atoms. The summed E-state index contributed by atoms with van der Waals surface area (Å²) in [6.45, 7) is 7.91. The van der Waals surface area contributed by atoms with Gasteiger partial charge in [0.05, 0.1) is 13.2 Å². The Labute approximate surface area is 128 Å². The van der Waals surface area contributed by atoms with Gasteiger partial charge in [-0.25, -0.2) is 4.98 Å². The Morgan fingerprint density at radius 1 is 1.10 bits per heavy atom. The van der Waals surface area contributed by atoms with Gasteiger partial charge >= 0.3 is 6.01 Å². The van der Waals surface area contributed by atoms with Crippen LogP contribution in [0.2, 0.25) is 0 Å². The van der Waals surface area contributed by atoms with Gasteiger partial charge in [-0.2, -0.15) is 15.0 Å². The lowest BCUT2D eigenvalue weighted by molar-refractivity contribution is 0.292. The van der Waals surface area contributed by atoms with E-state index in [4.69, 9.17) is 4.74 Å². The number of aryl methyl sites for hydroxylation is 1. The van der Waals surface area contributed by atoms with E-state index in [1.807, 2.05) is 26.2 Å². The van der Waals surface area contributed by atoms with Gasteiger partial charge in [-0.3, -0.25) is 0 Å². The zero-order valence-electron chi connectivity index (χ0n) is 12.5. The molecule has 0 fully saturated rings. The van der Waals surface area contributed by atoms with E-state index in [2.05, 4.69) is 30.6 Å². The summed E-state index contributed by atoms with van der Waals surface area (Å²) < 4.78 is 5.48. The van der Waals surface area contributed by atoms with Gasteiger partial charge in [0.15, 0.2) is 0 Å². The van der Waals surface area contributed by atoms with Crippen LogP contribution in [0.4, 0.5) is 11.9 Å². The van der Waals surface area contributed by atoms with Crippen LogP contribution in [0.3, 0.4) is 0 Å². The molecule has 2 N–H and O–H groups in total. The van der Waals surface area contributed by atoms with Gasteiger partial charge in [-0.05, 0) is 20.3 Å². The normalized spacial score (nSPS) is 10.4. The van der Waals surface area contributed by atoms with Crippen LogP contribution in [-0.4, -0.2) is 33.1 Å². The van der Waals surface area contributed by atoms with Crippen molar-refractivity contribution in [3.05, 3.63) is 16.1 Å². The number of anilines is 2. The first-order valence-electron chi connectivity index (χ1n) is 6.99. The van der Waals surface area contributed by atoms with E-state index in [-0.39, 0.29) is 0 Å². The van der Waals surface area contributed by atoms with Crippen molar-refractivity contribution in [3.8, 4) is 6.01 Å². The largest absolute Gasteiger partial charge is 0.463 e. The highest BCUT2D eigenvalue weighted by Crippen LogP contribution is 2.14. The molecule has 0 spiro atoms. The fourth-order valence-electron chi connectivity index (χ4n) is 1.57. The van der Waals surface area contributed by atoms with E-state index in [9.17, 15) is 0 Å². The van der Waals surface area contributed by atoms with Gasteiger partial charge in [0, 0.05) is 17.6 Å². The second kappa shape index (κ2) is 7.72. The molecule has 0 aromatic carbocycles. The summed E-state index contributed by atoms with van der Waals surface area (Å²) in [7, 11) is 0. The molecular formula is C13H20N6OS. The molecule has 0 radical (unpaired) electrons. The number of rotatable bonds is 8. The van der Waals surface area contributed by atoms with E-state index in [0.717, 1.165) is 23.7 Å². The number of aromatic nitrogens is 4. The standard InChI is InChI=1S/C13H20N6OS/c1-4-6-20-13-18-11(14-5-2)17-12(19-13)15-7-10-16-9(3)8-21-10/h8H,4-7H2,1-3H3,(H2,14,15,17,18,19). The van der Waals surface area contributed by atoms with E-state index in [1.54, 1.807) is 11.3 Å². The van der Waals surface area contributed by atoms with Crippen molar-refractivity contribution in [1.29, 1.82) is 0 Å². The average molecular weight is 308 g/mol. The molecule has 2 heterocycles. The third kappa shape index (κ3) is 4.82. The second-order valence-electron chi connectivity index (χ2n) is 4.38. The maximum atomic E-state index is 5.48. The van der Waals surface area contributed by atoms with Crippen LogP contribution in [0.15, 0.2) is 5.38 Å². The average Bonchev–Trinajstić information content (AvgIpc) is 2.89. The molecule has 0 unspecified atom stereocenters. The zero-order chi connectivity index (χ0) is 15.1. The quantitative estimate of drug-likeness (QED) is 0.775. The minimum absolute atomic E-state index is 0.334. The summed E-state index contributed by atoms with van der Waals surface area (Å²) >= 11 is 1.61. The first-order chi connectivity index (χ1) is 10.2. The maximum Gasteiger partial charge on any atom is 0.323 e. The fraction of sp³-hybridized carbons (Fsp3) is 0.538. The molecule has 0 aliphatic rings. The number of nitrogens with zero attached hydrogens (tertiary/aromatic N) is 4. The third-order valence-electron chi connectivity index (χ3n) is 2.45. The Kier molecular flexibility index (Phi) is 5.68. The highest BCUT2D eigenvalue weighted by molar-refractivity contribution is 7.09. The predicted molar refractivity (Wildman–Crippen MR) is 84.0 cm³/mol. The van der Waals surface area contributed by atoms with E-state index < -0.39 is 0 Å². The maximum absolute atomic E-state index is 5.48. The van der Waals surface area contributed by atoms with Gasteiger partial charge in [0.2, 0.25) is 11.9 Å². The SMILES string of the molecule is CCCOc1nc(NCC)nc(NCc2nc(C)cs2)n1. The van der Waals surface area contributed by atoms with Crippen LogP contribution in [0, 0.1) is 6.92 Å². The first-order valence-corrected chi connectivity index (χ1v) is 7.86. The third-order valence-corrected chi connectivity index (χ3v) is 3.42. The molecule has 0 amide bonds. The van der Waals surface area contributed by atoms with Crippen molar-refractivity contribution in [1.82, 2.24) is 19.9 Å². The van der Waals surface area contributed by atoms with Crippen LogP contribution in [-0.2, 0) is 6.54 Å². The van der Waals surface area contributed by atoms with Crippen LogP contribution in [0.5, 0.6) is 6.01 Å². The summed E-state index contributed by atoms with van der Waals surface area (Å²) in [6, 6.07) is 0.334. The number of thiazole rings is 1. The fourth-order valence-corrected chi connectivity index (χ4v) is 2.28. The van der Waals surface area contributed by atoms with E-state index in [0.29, 0.717) is 31.1 Å². The minimum Gasteiger partial charge on any atom is -0.463 e. The van der Waals surface area contributed by atoms with Gasteiger partial charge in [0.25, 0.3) is 0 Å². The predicted octanol–water partition coefficient (Wildman–Crippen LogP) is 2.47. The highest BCUT2D eigenvalue weighted by Gasteiger charge is 2.07. The molecule has 0 saturated carbocycles. The van der Waals surface area contributed by atoms with Crippen molar-refractivity contribution in [2.24, 2.45) is 0 Å². The number of ether oxygens (including phenoxy) is 1. The molecule has 0 saturated heterocycles. The Morgan fingerprint density at radius 3 is 2.48 bits per heavy atom. The number of hydrogen-bond acceptors (Lipinski definition) is 8. The van der Waals surface area contributed by atoms with Gasteiger partial charge < -0.3 is 15.4 Å². The first kappa shape index (κ1) is 15.4. The van der Waals surface area contributed by atoms with E-state index in [1.165, 1.54) is 0 Å². The van der Waals surface area contributed by atoms with Crippen molar-refractivity contribution in [2.45, 2.75) is 33.7 Å². The van der Waals surface area contributed by atoms with Crippen LogP contribution >= 0.6 is 11.3 Å². The molecule has 114 valence electrons. The summed E-state index contributed by atoms with van der Waals surface area (Å²) in [6.07, 6.45) is 0.906. The molecule has 2 aromatic rings. The lowest BCUT2D eigenvalue weighted by Gasteiger charge is -2.09. The van der Waals surface area contributed by atoms with Crippen LogP contribution < -0.4 is 15.4 Å². The lowest BCUT2D eigenvalue weighted by atomic mass is 10.5. The smallest absolute Gasteiger partial charge is 0.323 e. The highest BCUT2D eigenvalue weighted by atomic mass is 32.1. The number of nitrogens with one attached hydrogen (secondary N) is 2. The summed E-state index contributed by atoms with van der Waals surface area (Å²) in [5.41, 5.74) is 1.02. The molecule has 2 aromatic heterocycles. The van der Waals surface area contributed by atoms with Crippen molar-refractivity contribution in [3.63, 3.8) is 0 Å². The number of hydrogen-bond donors (Lipinski definition) is 2.